The van der Waals surface area contributed by atoms with Gasteiger partial charge in [0, 0.05) is 13.1 Å². The van der Waals surface area contributed by atoms with Crippen LogP contribution in [0.5, 0.6) is 0 Å². The normalized spacial score (nSPS) is 20.1. The van der Waals surface area contributed by atoms with Gasteiger partial charge in [0.2, 0.25) is 5.91 Å². The van der Waals surface area contributed by atoms with Gasteiger partial charge in [-0.2, -0.15) is 0 Å². The molecule has 1 amide bonds. The van der Waals surface area contributed by atoms with Gasteiger partial charge in [0.1, 0.15) is 5.82 Å². The summed E-state index contributed by atoms with van der Waals surface area (Å²) >= 11 is 5.70. The Bertz CT molecular complexity index is 439. The smallest absolute Gasteiger partial charge is 0.240 e. The molecule has 1 unspecified atom stereocenters. The van der Waals surface area contributed by atoms with E-state index in [-0.39, 0.29) is 17.0 Å². The minimum Gasteiger partial charge on any atom is -0.337 e. The molecule has 1 fully saturated rings. The van der Waals surface area contributed by atoms with Gasteiger partial charge in [0.05, 0.1) is 11.1 Å². The Morgan fingerprint density at radius 2 is 2.35 bits per heavy atom. The van der Waals surface area contributed by atoms with Crippen LogP contribution in [0.3, 0.4) is 0 Å². The first-order valence-electron chi connectivity index (χ1n) is 5.52. The summed E-state index contributed by atoms with van der Waals surface area (Å²) in [6.45, 7) is 1.20. The minimum absolute atomic E-state index is 0.0907. The van der Waals surface area contributed by atoms with Crippen LogP contribution in [0.1, 0.15) is 12.0 Å². The number of hydrogen-bond donors (Lipinski definition) is 1. The number of nitrogens with one attached hydrogen (secondary N) is 1. The summed E-state index contributed by atoms with van der Waals surface area (Å²) in [7, 11) is 1.78. The molecule has 2 rings (SSSR count). The maximum absolute atomic E-state index is 13.0. The second kappa shape index (κ2) is 5.02. The van der Waals surface area contributed by atoms with Crippen molar-refractivity contribution in [2.75, 3.05) is 13.6 Å². The van der Waals surface area contributed by atoms with Gasteiger partial charge in [-0.1, -0.05) is 17.7 Å². The number of amides is 1. The van der Waals surface area contributed by atoms with E-state index in [0.717, 1.165) is 18.5 Å². The third-order valence-corrected chi connectivity index (χ3v) is 3.29. The number of rotatable bonds is 3. The Morgan fingerprint density at radius 3 is 2.94 bits per heavy atom. The molecule has 0 spiro atoms. The van der Waals surface area contributed by atoms with Crippen molar-refractivity contribution in [3.8, 4) is 0 Å². The van der Waals surface area contributed by atoms with E-state index in [0.29, 0.717) is 6.54 Å². The van der Waals surface area contributed by atoms with Gasteiger partial charge in [-0.3, -0.25) is 4.79 Å². The lowest BCUT2D eigenvalue weighted by atomic mass is 10.2. The molecule has 1 aromatic carbocycles. The summed E-state index contributed by atoms with van der Waals surface area (Å²) in [5.74, 6) is -0.343. The molecule has 1 aliphatic rings. The lowest BCUT2D eigenvalue weighted by molar-refractivity contribution is -0.129. The molecular formula is C12H14ClFN2O. The molecule has 1 atom stereocenters. The van der Waals surface area contributed by atoms with E-state index >= 15 is 0 Å². The van der Waals surface area contributed by atoms with Gasteiger partial charge in [0.15, 0.2) is 0 Å². The number of likely N-dealkylation sites (N-methyl/N-ethyl adjacent to an activating group) is 1. The van der Waals surface area contributed by atoms with Crippen molar-refractivity contribution in [2.24, 2.45) is 0 Å². The number of nitrogens with zero attached hydrogens (tertiary/aromatic N) is 1. The van der Waals surface area contributed by atoms with E-state index in [1.54, 1.807) is 24.1 Å². The molecule has 17 heavy (non-hydrogen) atoms. The number of benzene rings is 1. The third kappa shape index (κ3) is 2.58. The van der Waals surface area contributed by atoms with Gasteiger partial charge in [-0.15, -0.1) is 0 Å². The summed E-state index contributed by atoms with van der Waals surface area (Å²) in [6.07, 6.45) is 0.810. The highest BCUT2D eigenvalue weighted by Crippen LogP contribution is 2.19. The van der Waals surface area contributed by atoms with Crippen LogP contribution in [0.25, 0.3) is 0 Å². The standard InChI is InChI=1S/C12H14ClFN2O/c1-15-11-4-5-16(12(11)17)7-8-2-3-10(14)9(13)6-8/h2-3,6,11,15H,4-5,7H2,1H3. The summed E-state index contributed by atoms with van der Waals surface area (Å²) < 4.78 is 13.0. The number of carbonyl (C=O) groups is 1. The Morgan fingerprint density at radius 1 is 1.59 bits per heavy atom. The van der Waals surface area contributed by atoms with Gasteiger partial charge in [-0.25, -0.2) is 4.39 Å². The molecule has 0 saturated carbocycles. The van der Waals surface area contributed by atoms with Crippen LogP contribution in [-0.2, 0) is 11.3 Å². The van der Waals surface area contributed by atoms with Crippen LogP contribution < -0.4 is 5.32 Å². The van der Waals surface area contributed by atoms with Crippen molar-refractivity contribution in [3.05, 3.63) is 34.6 Å². The van der Waals surface area contributed by atoms with E-state index in [4.69, 9.17) is 11.6 Å². The quantitative estimate of drug-likeness (QED) is 0.895. The van der Waals surface area contributed by atoms with Crippen molar-refractivity contribution in [2.45, 2.75) is 19.0 Å². The average molecular weight is 257 g/mol. The Kier molecular flexibility index (Phi) is 3.64. The first-order valence-corrected chi connectivity index (χ1v) is 5.89. The van der Waals surface area contributed by atoms with Crippen LogP contribution in [-0.4, -0.2) is 30.4 Å². The highest BCUT2D eigenvalue weighted by Gasteiger charge is 2.29. The zero-order valence-electron chi connectivity index (χ0n) is 9.54. The number of hydrogen-bond acceptors (Lipinski definition) is 2. The second-order valence-corrected chi connectivity index (χ2v) is 4.55. The fourth-order valence-electron chi connectivity index (χ4n) is 2.02. The van der Waals surface area contributed by atoms with Crippen LogP contribution in [0.2, 0.25) is 5.02 Å². The predicted molar refractivity (Wildman–Crippen MR) is 64.3 cm³/mol. The fraction of sp³-hybridized carbons (Fsp3) is 0.417. The van der Waals surface area contributed by atoms with E-state index in [2.05, 4.69) is 5.32 Å². The van der Waals surface area contributed by atoms with Crippen LogP contribution >= 0.6 is 11.6 Å². The lowest BCUT2D eigenvalue weighted by Crippen LogP contribution is -2.35. The van der Waals surface area contributed by atoms with E-state index in [9.17, 15) is 9.18 Å². The van der Waals surface area contributed by atoms with Crippen molar-refractivity contribution in [1.82, 2.24) is 10.2 Å². The van der Waals surface area contributed by atoms with Crippen LogP contribution in [0, 0.1) is 5.82 Å². The molecule has 0 aromatic heterocycles. The average Bonchev–Trinajstić information content (AvgIpc) is 2.65. The van der Waals surface area contributed by atoms with Gasteiger partial charge < -0.3 is 10.2 Å². The van der Waals surface area contributed by atoms with E-state index in [1.165, 1.54) is 6.07 Å². The highest BCUT2D eigenvalue weighted by atomic mass is 35.5. The van der Waals surface area contributed by atoms with Gasteiger partial charge >= 0.3 is 0 Å². The molecule has 5 heteroatoms. The molecule has 1 aliphatic heterocycles. The lowest BCUT2D eigenvalue weighted by Gasteiger charge is -2.16. The summed E-state index contributed by atoms with van der Waals surface area (Å²) in [5.41, 5.74) is 0.849. The minimum atomic E-state index is -0.434. The number of halogens is 2. The largest absolute Gasteiger partial charge is 0.337 e. The van der Waals surface area contributed by atoms with E-state index in [1.807, 2.05) is 0 Å². The molecule has 3 nitrogen and oxygen atoms in total. The summed E-state index contributed by atoms with van der Waals surface area (Å²) in [5, 5.41) is 3.07. The molecule has 1 aromatic rings. The molecule has 1 heterocycles. The van der Waals surface area contributed by atoms with Crippen molar-refractivity contribution >= 4 is 17.5 Å². The first kappa shape index (κ1) is 12.3. The van der Waals surface area contributed by atoms with Crippen molar-refractivity contribution in [3.63, 3.8) is 0 Å². The molecule has 92 valence electrons. The van der Waals surface area contributed by atoms with Gasteiger partial charge in [-0.05, 0) is 31.2 Å². The zero-order valence-corrected chi connectivity index (χ0v) is 10.3. The van der Waals surface area contributed by atoms with E-state index < -0.39 is 5.82 Å². The Labute approximate surface area is 105 Å². The first-order chi connectivity index (χ1) is 8.11. The maximum Gasteiger partial charge on any atom is 0.240 e. The Hall–Kier alpha value is -1.13. The summed E-state index contributed by atoms with van der Waals surface area (Å²) in [4.78, 5) is 13.6. The van der Waals surface area contributed by atoms with Gasteiger partial charge in [0.25, 0.3) is 0 Å². The van der Waals surface area contributed by atoms with Crippen molar-refractivity contribution < 1.29 is 9.18 Å². The van der Waals surface area contributed by atoms with Crippen molar-refractivity contribution in [1.29, 1.82) is 0 Å². The molecule has 0 aliphatic carbocycles. The number of carbonyl (C=O) groups excluding carboxylic acids is 1. The highest BCUT2D eigenvalue weighted by molar-refractivity contribution is 6.30. The van der Waals surface area contributed by atoms with Crippen LogP contribution in [0.15, 0.2) is 18.2 Å². The molecular weight excluding hydrogens is 243 g/mol. The molecule has 1 N–H and O–H groups in total. The zero-order chi connectivity index (χ0) is 12.4. The molecule has 0 bridgehead atoms. The maximum atomic E-state index is 13.0. The Balaban J connectivity index is 2.06. The number of likely N-dealkylation sites (tertiary alicyclic amines) is 1. The monoisotopic (exact) mass is 256 g/mol. The fourth-order valence-corrected chi connectivity index (χ4v) is 2.23. The SMILES string of the molecule is CNC1CCN(Cc2ccc(F)c(Cl)c2)C1=O. The molecule has 1 saturated heterocycles. The molecule has 0 radical (unpaired) electrons. The predicted octanol–water partition coefficient (Wildman–Crippen LogP) is 1.80. The topological polar surface area (TPSA) is 32.3 Å². The third-order valence-electron chi connectivity index (χ3n) is 3.00. The van der Waals surface area contributed by atoms with Crippen LogP contribution in [0.4, 0.5) is 4.39 Å². The summed E-state index contributed by atoms with van der Waals surface area (Å²) in [6, 6.07) is 4.46. The second-order valence-electron chi connectivity index (χ2n) is 4.14.